The molecule has 0 radical (unpaired) electrons. The fourth-order valence-electron chi connectivity index (χ4n) is 1.49. The Bertz CT molecular complexity index is 346. The van der Waals surface area contributed by atoms with Gasteiger partial charge in [-0.05, 0) is 24.6 Å². The molecule has 1 N–H and O–H groups in total. The van der Waals surface area contributed by atoms with Crippen LogP contribution in [0.15, 0.2) is 22.7 Å². The van der Waals surface area contributed by atoms with Gasteiger partial charge >= 0.3 is 9.57 Å². The van der Waals surface area contributed by atoms with Crippen molar-refractivity contribution in [1.82, 2.24) is 4.98 Å². The van der Waals surface area contributed by atoms with Gasteiger partial charge in [-0.3, -0.25) is 0 Å². The SMILES string of the molecule is CC[C@H](N[SiH]=O)c1cc(Br)ccc1OC. The lowest BCUT2D eigenvalue weighted by molar-refractivity contribution is 0.402. The van der Waals surface area contributed by atoms with E-state index in [1.165, 1.54) is 0 Å². The van der Waals surface area contributed by atoms with Gasteiger partial charge in [0.05, 0.1) is 7.11 Å². The minimum absolute atomic E-state index is 0.0879. The number of hydrogen-bond acceptors (Lipinski definition) is 2. The monoisotopic (exact) mass is 287 g/mol. The molecule has 15 heavy (non-hydrogen) atoms. The Hall–Kier alpha value is -0.683. The average molecular weight is 288 g/mol. The van der Waals surface area contributed by atoms with Crippen LogP contribution in [0.5, 0.6) is 5.75 Å². The molecular weight excluding hydrogens is 274 g/mol. The number of ether oxygens (including phenoxy) is 1. The van der Waals surface area contributed by atoms with Gasteiger partial charge in [0, 0.05) is 16.1 Å². The van der Waals surface area contributed by atoms with Gasteiger partial charge in [0.1, 0.15) is 5.75 Å². The van der Waals surface area contributed by atoms with Crippen LogP contribution in [-0.4, -0.2) is 16.7 Å². The number of rotatable bonds is 5. The van der Waals surface area contributed by atoms with Crippen LogP contribution in [0.2, 0.25) is 0 Å². The molecule has 0 saturated carbocycles. The molecule has 0 amide bonds. The van der Waals surface area contributed by atoms with Crippen LogP contribution in [0.1, 0.15) is 24.9 Å². The first kappa shape index (κ1) is 12.4. The topological polar surface area (TPSA) is 38.3 Å². The number of hydrogen-bond donors (Lipinski definition) is 1. The molecule has 0 aliphatic heterocycles. The van der Waals surface area contributed by atoms with Crippen molar-refractivity contribution in [2.24, 2.45) is 0 Å². The van der Waals surface area contributed by atoms with E-state index in [0.29, 0.717) is 0 Å². The smallest absolute Gasteiger partial charge is 0.377 e. The van der Waals surface area contributed by atoms with E-state index in [-0.39, 0.29) is 6.04 Å². The predicted octanol–water partition coefficient (Wildman–Crippen LogP) is 2.20. The van der Waals surface area contributed by atoms with Crippen LogP contribution in [-0.2, 0) is 4.46 Å². The third-order valence-electron chi connectivity index (χ3n) is 2.24. The van der Waals surface area contributed by atoms with Crippen molar-refractivity contribution in [3.8, 4) is 5.75 Å². The van der Waals surface area contributed by atoms with Gasteiger partial charge in [-0.2, -0.15) is 0 Å². The quantitative estimate of drug-likeness (QED) is 0.844. The molecule has 5 heteroatoms. The molecule has 0 heterocycles. The van der Waals surface area contributed by atoms with Crippen molar-refractivity contribution in [2.75, 3.05) is 7.11 Å². The summed E-state index contributed by atoms with van der Waals surface area (Å²) in [6, 6.07) is 5.92. The summed E-state index contributed by atoms with van der Waals surface area (Å²) in [5.41, 5.74) is 1.04. The zero-order chi connectivity index (χ0) is 11.3. The van der Waals surface area contributed by atoms with Gasteiger partial charge in [0.25, 0.3) is 0 Å². The summed E-state index contributed by atoms with van der Waals surface area (Å²) < 4.78 is 17.0. The molecule has 3 nitrogen and oxygen atoms in total. The first-order valence-corrected chi connectivity index (χ1v) is 6.60. The second kappa shape index (κ2) is 6.02. The minimum atomic E-state index is -0.950. The molecule has 82 valence electrons. The number of benzene rings is 1. The fraction of sp³-hybridized carbons (Fsp3) is 0.400. The maximum absolute atomic E-state index is 10.7. The lowest BCUT2D eigenvalue weighted by Gasteiger charge is -2.18. The van der Waals surface area contributed by atoms with E-state index in [9.17, 15) is 4.46 Å². The van der Waals surface area contributed by atoms with Gasteiger partial charge in [-0.1, -0.05) is 22.9 Å². The summed E-state index contributed by atoms with van der Waals surface area (Å²) in [4.78, 5) is 2.98. The lowest BCUT2D eigenvalue weighted by atomic mass is 10.0. The zero-order valence-electron chi connectivity index (χ0n) is 8.79. The largest absolute Gasteiger partial charge is 0.496 e. The molecule has 0 spiro atoms. The van der Waals surface area contributed by atoms with Crippen molar-refractivity contribution >= 4 is 25.5 Å². The molecule has 0 aliphatic carbocycles. The van der Waals surface area contributed by atoms with E-state index in [2.05, 4.69) is 20.9 Å². The maximum atomic E-state index is 10.7. The van der Waals surface area contributed by atoms with Crippen LogP contribution in [0, 0.1) is 0 Å². The second-order valence-electron chi connectivity index (χ2n) is 3.13. The highest BCUT2D eigenvalue weighted by Gasteiger charge is 2.13. The molecule has 0 aliphatic rings. The van der Waals surface area contributed by atoms with E-state index in [4.69, 9.17) is 4.74 Å². The number of halogens is 1. The van der Waals surface area contributed by atoms with Crippen LogP contribution in [0.3, 0.4) is 0 Å². The Labute approximate surface area is 100 Å². The highest BCUT2D eigenvalue weighted by Crippen LogP contribution is 2.29. The summed E-state index contributed by atoms with van der Waals surface area (Å²) >= 11 is 3.42. The summed E-state index contributed by atoms with van der Waals surface area (Å²) in [5.74, 6) is 0.824. The molecular formula is C10H14BrNO2Si. The maximum Gasteiger partial charge on any atom is 0.377 e. The van der Waals surface area contributed by atoms with Gasteiger partial charge in [0.15, 0.2) is 0 Å². The average Bonchev–Trinajstić information content (AvgIpc) is 2.26. The molecule has 0 bridgehead atoms. The highest BCUT2D eigenvalue weighted by atomic mass is 79.9. The van der Waals surface area contributed by atoms with Crippen LogP contribution in [0.25, 0.3) is 0 Å². The Kier molecular flexibility index (Phi) is 4.97. The normalized spacial score (nSPS) is 11.9. The first-order valence-electron chi connectivity index (χ1n) is 4.76. The number of methoxy groups -OCH3 is 1. The molecule has 1 atom stereocenters. The minimum Gasteiger partial charge on any atom is -0.496 e. The van der Waals surface area contributed by atoms with Crippen molar-refractivity contribution < 1.29 is 9.20 Å². The van der Waals surface area contributed by atoms with Gasteiger partial charge in [0.2, 0.25) is 0 Å². The summed E-state index contributed by atoms with van der Waals surface area (Å²) in [6.45, 7) is 2.05. The Morgan fingerprint density at radius 3 is 2.87 bits per heavy atom. The summed E-state index contributed by atoms with van der Waals surface area (Å²) in [7, 11) is 0.692. The van der Waals surface area contributed by atoms with Crippen molar-refractivity contribution in [3.05, 3.63) is 28.2 Å². The molecule has 1 aromatic carbocycles. The molecule has 0 aromatic heterocycles. The Morgan fingerprint density at radius 1 is 1.60 bits per heavy atom. The van der Waals surface area contributed by atoms with Crippen LogP contribution in [0.4, 0.5) is 0 Å². The second-order valence-corrected chi connectivity index (χ2v) is 4.62. The van der Waals surface area contributed by atoms with Gasteiger partial charge in [-0.15, -0.1) is 0 Å². The third-order valence-corrected chi connectivity index (χ3v) is 3.28. The summed E-state index contributed by atoms with van der Waals surface area (Å²) in [6.07, 6.45) is 0.877. The van der Waals surface area contributed by atoms with Crippen molar-refractivity contribution in [1.29, 1.82) is 0 Å². The van der Waals surface area contributed by atoms with Gasteiger partial charge in [-0.25, -0.2) is 0 Å². The Morgan fingerprint density at radius 2 is 2.33 bits per heavy atom. The van der Waals surface area contributed by atoms with E-state index in [1.54, 1.807) is 7.11 Å². The van der Waals surface area contributed by atoms with E-state index in [1.807, 2.05) is 25.1 Å². The third kappa shape index (κ3) is 3.14. The van der Waals surface area contributed by atoms with Crippen molar-refractivity contribution in [3.63, 3.8) is 0 Å². The predicted molar refractivity (Wildman–Crippen MR) is 64.7 cm³/mol. The molecule has 0 saturated heterocycles. The fourth-order valence-corrected chi connectivity index (χ4v) is 2.45. The van der Waals surface area contributed by atoms with Crippen molar-refractivity contribution in [2.45, 2.75) is 19.4 Å². The lowest BCUT2D eigenvalue weighted by Crippen LogP contribution is -2.20. The molecule has 1 aromatic rings. The van der Waals surface area contributed by atoms with E-state index < -0.39 is 9.57 Å². The van der Waals surface area contributed by atoms with Crippen LogP contribution >= 0.6 is 15.9 Å². The molecule has 0 fully saturated rings. The van der Waals surface area contributed by atoms with Crippen LogP contribution < -0.4 is 9.72 Å². The summed E-state index contributed by atoms with van der Waals surface area (Å²) in [5, 5.41) is 0. The van der Waals surface area contributed by atoms with E-state index >= 15 is 0 Å². The number of nitrogens with one attached hydrogen (secondary N) is 1. The molecule has 0 unspecified atom stereocenters. The first-order chi connectivity index (χ1) is 7.22. The standard InChI is InChI=1S/C10H14BrNO2Si/c1-3-9(12-15-13)8-6-7(11)4-5-10(8)14-2/h4-6,9,12,15H,3H2,1-2H3/t9-/m0/s1. The van der Waals surface area contributed by atoms with E-state index in [0.717, 1.165) is 22.2 Å². The zero-order valence-corrected chi connectivity index (χ0v) is 11.5. The Balaban J connectivity index is 3.07. The highest BCUT2D eigenvalue weighted by molar-refractivity contribution is 9.10. The van der Waals surface area contributed by atoms with Gasteiger partial charge < -0.3 is 14.2 Å². The molecule has 1 rings (SSSR count).